The van der Waals surface area contributed by atoms with Crippen molar-refractivity contribution in [3.63, 3.8) is 0 Å². The van der Waals surface area contributed by atoms with E-state index < -0.39 is 115 Å². The summed E-state index contributed by atoms with van der Waals surface area (Å²) in [6.45, 7) is 12.6. The fraction of sp³-hybridized carbons (Fsp3) is 0.722. The molecule has 21 heteroatoms. The first-order valence-corrected chi connectivity index (χ1v) is 27.6. The van der Waals surface area contributed by atoms with Crippen LogP contribution in [0, 0.1) is 11.8 Å². The number of nitrogens with two attached hydrogens (primary N) is 1. The Kier molecular flexibility index (Phi) is 24.2. The maximum absolute atomic E-state index is 14.7. The second-order valence-corrected chi connectivity index (χ2v) is 21.4. The number of unbranched alkanes of at least 4 members (excludes halogenated alkanes) is 5. The lowest BCUT2D eigenvalue weighted by Gasteiger charge is -2.34. The first-order valence-electron chi connectivity index (χ1n) is 27.6. The lowest BCUT2D eigenvalue weighted by Crippen LogP contribution is -2.63. The van der Waals surface area contributed by atoms with Crippen LogP contribution in [-0.2, 0) is 35.2 Å². The number of aliphatic hydroxyl groups is 4. The molecule has 14 atom stereocenters. The molecule has 4 aliphatic heterocycles. The number of aliphatic hydroxyl groups excluding tert-OH is 4. The highest BCUT2D eigenvalue weighted by atomic mass is 16.3. The van der Waals surface area contributed by atoms with Crippen LogP contribution >= 0.6 is 0 Å². The van der Waals surface area contributed by atoms with E-state index in [2.05, 4.69) is 64.2 Å². The van der Waals surface area contributed by atoms with Gasteiger partial charge in [-0.25, -0.2) is 0 Å². The molecule has 5 rings (SSSR count). The summed E-state index contributed by atoms with van der Waals surface area (Å²) in [6.07, 6.45) is 3.94. The van der Waals surface area contributed by atoms with Crippen molar-refractivity contribution in [2.24, 2.45) is 22.6 Å². The Morgan fingerprint density at radius 3 is 2.21 bits per heavy atom. The molecule has 0 aliphatic carbocycles. The Morgan fingerprint density at radius 2 is 1.55 bits per heavy atom. The number of aryl methyl sites for hydroxylation is 1. The maximum Gasteiger partial charge on any atom is 0.248 e. The van der Waals surface area contributed by atoms with Crippen LogP contribution in [0.5, 0.6) is 5.75 Å². The van der Waals surface area contributed by atoms with Crippen molar-refractivity contribution in [3.05, 3.63) is 42.1 Å². The summed E-state index contributed by atoms with van der Waals surface area (Å²) in [4.78, 5) is 92.8. The van der Waals surface area contributed by atoms with Gasteiger partial charge in [0.2, 0.25) is 35.4 Å². The highest BCUT2D eigenvalue weighted by molar-refractivity contribution is 5.95. The third kappa shape index (κ3) is 18.5. The molecular formula is C54H88N10O11. The lowest BCUT2D eigenvalue weighted by molar-refractivity contribution is -0.146. The average Bonchev–Trinajstić information content (AvgIpc) is 3.98. The number of aromatic hydroxyl groups is 1. The van der Waals surface area contributed by atoms with E-state index in [1.807, 2.05) is 0 Å². The summed E-state index contributed by atoms with van der Waals surface area (Å²) in [5.41, 5.74) is 6.76. The largest absolute Gasteiger partial charge is 0.508 e. The van der Waals surface area contributed by atoms with Crippen molar-refractivity contribution in [2.45, 2.75) is 210 Å². The van der Waals surface area contributed by atoms with Gasteiger partial charge in [0.15, 0.2) is 0 Å². The fourth-order valence-corrected chi connectivity index (χ4v) is 10.5. The van der Waals surface area contributed by atoms with E-state index >= 15 is 0 Å². The number of phenolic OH excluding ortho intramolecular Hbond substituents is 1. The number of carbonyl (C=O) groups is 6. The number of rotatable bonds is 23. The first kappa shape index (κ1) is 60.7. The molecule has 0 bridgehead atoms. The SMILES string of the molecule is C=C1N[C@@H](CCc2ccc(O)cc2)C(=O)N[C@@H]([C@H](O)CC2C=N2)C(=O)N2CC[C@H](O)[C@H]2C(=O)N[C@H](NCCN)[C@H](O)C[C@H](NC(=O)CCCCCCCCC(C)CC(C)CC)C(=O)N[C@@H](CC)C(=O)N2C[C@H](O)C[C@@H]12. The molecule has 0 saturated carbocycles. The topological polar surface area (TPSA) is 321 Å². The summed E-state index contributed by atoms with van der Waals surface area (Å²) in [5.74, 6) is -2.88. The van der Waals surface area contributed by atoms with Gasteiger partial charge in [0.25, 0.3) is 0 Å². The molecule has 0 radical (unpaired) electrons. The Bertz CT molecular complexity index is 2070. The van der Waals surface area contributed by atoms with Crippen molar-refractivity contribution in [1.82, 2.24) is 41.7 Å². The van der Waals surface area contributed by atoms with Crippen LogP contribution in [0.15, 0.2) is 41.5 Å². The van der Waals surface area contributed by atoms with Gasteiger partial charge in [0, 0.05) is 63.8 Å². The lowest BCUT2D eigenvalue weighted by atomic mass is 9.91. The number of phenols is 1. The van der Waals surface area contributed by atoms with Crippen molar-refractivity contribution < 1.29 is 54.3 Å². The third-order valence-electron chi connectivity index (χ3n) is 15.2. The molecule has 3 unspecified atom stereocenters. The molecule has 1 aromatic carbocycles. The summed E-state index contributed by atoms with van der Waals surface area (Å²) in [7, 11) is 0. The molecule has 4 aliphatic rings. The molecule has 420 valence electrons. The van der Waals surface area contributed by atoms with Crippen LogP contribution < -0.4 is 37.6 Å². The minimum absolute atomic E-state index is 0.0226. The quantitative estimate of drug-likeness (QED) is 0.0674. The van der Waals surface area contributed by atoms with Gasteiger partial charge in [-0.1, -0.05) is 91.4 Å². The summed E-state index contributed by atoms with van der Waals surface area (Å²) >= 11 is 0. The van der Waals surface area contributed by atoms with Crippen molar-refractivity contribution >= 4 is 41.7 Å². The minimum Gasteiger partial charge on any atom is -0.508 e. The maximum atomic E-state index is 14.7. The zero-order valence-corrected chi connectivity index (χ0v) is 44.6. The van der Waals surface area contributed by atoms with Gasteiger partial charge in [-0.2, -0.15) is 0 Å². The first-order chi connectivity index (χ1) is 35.8. The number of hydrogen-bond donors (Lipinski definition) is 12. The zero-order valence-electron chi connectivity index (χ0n) is 44.6. The monoisotopic (exact) mass is 1050 g/mol. The Labute approximate surface area is 442 Å². The molecule has 13 N–H and O–H groups in total. The molecule has 6 amide bonds. The smallest absolute Gasteiger partial charge is 0.248 e. The van der Waals surface area contributed by atoms with E-state index in [4.69, 9.17) is 5.73 Å². The predicted octanol–water partition coefficient (Wildman–Crippen LogP) is 0.737. The summed E-state index contributed by atoms with van der Waals surface area (Å²) < 4.78 is 0. The van der Waals surface area contributed by atoms with Gasteiger partial charge in [0.05, 0.1) is 36.5 Å². The second-order valence-electron chi connectivity index (χ2n) is 21.4. The number of amides is 6. The van der Waals surface area contributed by atoms with E-state index in [1.165, 1.54) is 36.3 Å². The Balaban J connectivity index is 1.43. The molecule has 3 saturated heterocycles. The second kappa shape index (κ2) is 29.9. The average molecular weight is 1050 g/mol. The number of nitrogens with one attached hydrogen (secondary N) is 6. The van der Waals surface area contributed by atoms with Crippen LogP contribution in [0.25, 0.3) is 0 Å². The van der Waals surface area contributed by atoms with Gasteiger partial charge in [0.1, 0.15) is 42.1 Å². The van der Waals surface area contributed by atoms with Crippen LogP contribution in [0.1, 0.15) is 136 Å². The van der Waals surface area contributed by atoms with Crippen LogP contribution in [-0.4, -0.2) is 176 Å². The Hall–Kier alpha value is -5.19. The highest BCUT2D eigenvalue weighted by Crippen LogP contribution is 2.27. The van der Waals surface area contributed by atoms with Crippen molar-refractivity contribution in [1.29, 1.82) is 0 Å². The number of benzene rings is 1. The minimum atomic E-state index is -1.64. The molecular weight excluding hydrogens is 965 g/mol. The standard InChI is InChI=1S/C54H88N10O11/c1-6-32(3)26-33(4)14-12-10-8-9-11-13-15-46(70)59-41-29-45(69)49(56-24-23-55)62-52(73)48-43(67)22-25-63(48)54(75)47(44(68)27-36-30-57-36)61-50(71)40(21-18-35-16-19-37(65)20-17-35)58-34(5)42-28-38(66)31-64(42)53(74)39(7-2)60-51(41)72/h16-17,19-20,30,32-33,36,38-45,47-49,56,58,65-69H,5-15,18,21-29,31,55H2,1-4H3,(H,59,70)(H,60,72)(H,61,71)(H,62,73)/t32?,33?,36?,38-,39+,40+,41+,42+,43+,44-,45-,47+,48+,49+/m1/s1. The molecule has 21 nitrogen and oxygen atoms in total. The van der Waals surface area contributed by atoms with Crippen molar-refractivity contribution in [2.75, 3.05) is 26.2 Å². The van der Waals surface area contributed by atoms with E-state index in [9.17, 15) is 54.3 Å². The molecule has 0 aromatic heterocycles. The normalized spacial score (nSPS) is 29.3. The van der Waals surface area contributed by atoms with Gasteiger partial charge in [-0.05, 0) is 68.1 Å². The number of carbonyl (C=O) groups excluding carboxylic acids is 6. The number of nitrogens with zero attached hydrogens (tertiary/aromatic N) is 3. The van der Waals surface area contributed by atoms with E-state index in [0.29, 0.717) is 12.3 Å². The third-order valence-corrected chi connectivity index (χ3v) is 15.2. The van der Waals surface area contributed by atoms with Gasteiger partial charge < -0.3 is 67.7 Å². The van der Waals surface area contributed by atoms with Crippen molar-refractivity contribution in [3.8, 4) is 5.75 Å². The van der Waals surface area contributed by atoms with Gasteiger partial charge in [-0.15, -0.1) is 0 Å². The van der Waals surface area contributed by atoms with Gasteiger partial charge in [-0.3, -0.25) is 39.1 Å². The zero-order chi connectivity index (χ0) is 54.8. The number of hydrogen-bond acceptors (Lipinski definition) is 15. The Morgan fingerprint density at radius 1 is 0.853 bits per heavy atom. The summed E-state index contributed by atoms with van der Waals surface area (Å²) in [5, 5.41) is 72.8. The van der Waals surface area contributed by atoms with Crippen LogP contribution in [0.2, 0.25) is 0 Å². The molecule has 0 spiro atoms. The molecule has 3 fully saturated rings. The van der Waals surface area contributed by atoms with Crippen LogP contribution in [0.4, 0.5) is 0 Å². The molecule has 1 aromatic rings. The van der Waals surface area contributed by atoms with E-state index in [1.54, 1.807) is 25.3 Å². The fourth-order valence-electron chi connectivity index (χ4n) is 10.5. The summed E-state index contributed by atoms with van der Waals surface area (Å²) in [6, 6.07) is -1.88. The van der Waals surface area contributed by atoms with Gasteiger partial charge >= 0.3 is 0 Å². The molecule has 75 heavy (non-hydrogen) atoms. The highest BCUT2D eigenvalue weighted by Gasteiger charge is 2.47. The number of fused-ring (bicyclic) bond motifs is 2. The van der Waals surface area contributed by atoms with E-state index in [-0.39, 0.29) is 82.6 Å². The van der Waals surface area contributed by atoms with Crippen LogP contribution in [0.3, 0.4) is 0 Å². The predicted molar refractivity (Wildman–Crippen MR) is 284 cm³/mol. The number of aliphatic imine (C=N–C) groups is 1. The van der Waals surface area contributed by atoms with E-state index in [0.717, 1.165) is 48.5 Å². The molecule has 4 heterocycles.